The Morgan fingerprint density at radius 3 is 2.47 bits per heavy atom. The fraction of sp³-hybridized carbons (Fsp3) is 0.667. The van der Waals surface area contributed by atoms with Crippen molar-refractivity contribution in [3.8, 4) is 0 Å². The minimum absolute atomic E-state index is 0.104. The van der Waals surface area contributed by atoms with Crippen LogP contribution in [0.25, 0.3) is 0 Å². The van der Waals surface area contributed by atoms with E-state index in [9.17, 15) is 4.79 Å². The van der Waals surface area contributed by atoms with Gasteiger partial charge in [-0.1, -0.05) is 0 Å². The lowest BCUT2D eigenvalue weighted by Crippen LogP contribution is -2.32. The van der Waals surface area contributed by atoms with E-state index in [2.05, 4.69) is 5.10 Å². The number of carbonyl (C=O) groups excluding carboxylic acids is 1. The summed E-state index contributed by atoms with van der Waals surface area (Å²) in [6.45, 7) is 3.53. The largest absolute Gasteiger partial charge is 0.396 e. The smallest absolute Gasteiger partial charge is 0.274 e. The van der Waals surface area contributed by atoms with Gasteiger partial charge in [-0.25, -0.2) is 0 Å². The summed E-state index contributed by atoms with van der Waals surface area (Å²) in [4.78, 5) is 14.2. The molecule has 1 amide bonds. The maximum atomic E-state index is 12.5. The second kappa shape index (κ2) is 5.58. The number of nitrogens with zero attached hydrogens (tertiary/aromatic N) is 3. The van der Waals surface area contributed by atoms with Crippen molar-refractivity contribution in [3.05, 3.63) is 11.9 Å². The summed E-state index contributed by atoms with van der Waals surface area (Å²) in [5.74, 6) is -0.126. The summed E-state index contributed by atoms with van der Waals surface area (Å²) in [6.07, 6.45) is 1.30. The van der Waals surface area contributed by atoms with Gasteiger partial charge in [0.2, 0.25) is 0 Å². The van der Waals surface area contributed by atoms with Crippen LogP contribution in [-0.4, -0.2) is 60.1 Å². The third-order valence-electron chi connectivity index (χ3n) is 3.48. The number of likely N-dealkylation sites (tertiary alicyclic amines) is 1. The van der Waals surface area contributed by atoms with Gasteiger partial charge in [0.25, 0.3) is 5.91 Å². The standard InChI is InChI=1S/C12H20N4O3/c1-4-16-11(8(13)5-14-16)12(17)15-6-9(18-2)10(7-15)19-3/h5,9-10H,4,6-7,13H2,1-3H3. The molecule has 2 atom stereocenters. The van der Waals surface area contributed by atoms with Crippen LogP contribution < -0.4 is 5.73 Å². The van der Waals surface area contributed by atoms with E-state index in [1.807, 2.05) is 6.92 Å². The van der Waals surface area contributed by atoms with E-state index in [4.69, 9.17) is 15.2 Å². The van der Waals surface area contributed by atoms with Crippen LogP contribution in [0.2, 0.25) is 0 Å². The number of aromatic nitrogens is 2. The highest BCUT2D eigenvalue weighted by atomic mass is 16.5. The zero-order chi connectivity index (χ0) is 14.0. The van der Waals surface area contributed by atoms with Crippen LogP contribution in [0.4, 0.5) is 5.69 Å². The summed E-state index contributed by atoms with van der Waals surface area (Å²) >= 11 is 0. The second-order valence-corrected chi connectivity index (χ2v) is 4.52. The molecule has 0 radical (unpaired) electrons. The molecule has 7 heteroatoms. The minimum Gasteiger partial charge on any atom is -0.396 e. The molecule has 2 heterocycles. The first-order valence-corrected chi connectivity index (χ1v) is 6.28. The van der Waals surface area contributed by atoms with E-state index in [-0.39, 0.29) is 18.1 Å². The number of aryl methyl sites for hydroxylation is 1. The molecule has 0 spiro atoms. The second-order valence-electron chi connectivity index (χ2n) is 4.52. The molecular weight excluding hydrogens is 248 g/mol. The lowest BCUT2D eigenvalue weighted by atomic mass is 10.3. The normalized spacial score (nSPS) is 23.0. The lowest BCUT2D eigenvalue weighted by molar-refractivity contribution is -0.00461. The zero-order valence-electron chi connectivity index (χ0n) is 11.5. The average molecular weight is 268 g/mol. The number of methoxy groups -OCH3 is 2. The highest BCUT2D eigenvalue weighted by Crippen LogP contribution is 2.21. The molecule has 2 N–H and O–H groups in total. The van der Waals surface area contributed by atoms with Gasteiger partial charge in [-0.2, -0.15) is 5.10 Å². The van der Waals surface area contributed by atoms with E-state index in [0.29, 0.717) is 31.0 Å². The molecule has 1 aromatic heterocycles. The molecule has 2 rings (SSSR count). The Morgan fingerprint density at radius 1 is 1.42 bits per heavy atom. The van der Waals surface area contributed by atoms with Crippen LogP contribution in [0.15, 0.2) is 6.20 Å². The molecule has 7 nitrogen and oxygen atoms in total. The molecular formula is C12H20N4O3. The van der Waals surface area contributed by atoms with Gasteiger partial charge in [-0.05, 0) is 6.92 Å². The molecule has 0 aliphatic carbocycles. The third kappa shape index (κ3) is 2.43. The van der Waals surface area contributed by atoms with Gasteiger partial charge in [0.15, 0.2) is 0 Å². The number of carbonyl (C=O) groups is 1. The number of hydrogen-bond acceptors (Lipinski definition) is 5. The van der Waals surface area contributed by atoms with E-state index >= 15 is 0 Å². The molecule has 0 saturated carbocycles. The minimum atomic E-state index is -0.126. The van der Waals surface area contributed by atoms with Crippen LogP contribution >= 0.6 is 0 Å². The number of hydrogen-bond donors (Lipinski definition) is 1. The third-order valence-corrected chi connectivity index (χ3v) is 3.48. The van der Waals surface area contributed by atoms with E-state index in [1.165, 1.54) is 6.20 Å². The van der Waals surface area contributed by atoms with Gasteiger partial charge in [0, 0.05) is 33.9 Å². The van der Waals surface area contributed by atoms with Gasteiger partial charge in [-0.3, -0.25) is 9.48 Å². The highest BCUT2D eigenvalue weighted by Gasteiger charge is 2.37. The Morgan fingerprint density at radius 2 is 2.00 bits per heavy atom. The monoisotopic (exact) mass is 268 g/mol. The molecule has 1 saturated heterocycles. The molecule has 1 aliphatic heterocycles. The molecule has 1 fully saturated rings. The first-order chi connectivity index (χ1) is 9.12. The predicted octanol–water partition coefficient (Wildman–Crippen LogP) is -0.0290. The number of anilines is 1. The topological polar surface area (TPSA) is 82.6 Å². The van der Waals surface area contributed by atoms with Crippen molar-refractivity contribution in [2.24, 2.45) is 0 Å². The predicted molar refractivity (Wildman–Crippen MR) is 69.8 cm³/mol. The van der Waals surface area contributed by atoms with Crippen LogP contribution in [0.1, 0.15) is 17.4 Å². The van der Waals surface area contributed by atoms with Crippen molar-refractivity contribution in [2.45, 2.75) is 25.7 Å². The number of ether oxygens (including phenoxy) is 2. The molecule has 1 aliphatic rings. The van der Waals surface area contributed by atoms with Gasteiger partial charge < -0.3 is 20.1 Å². The summed E-state index contributed by atoms with van der Waals surface area (Å²) in [5.41, 5.74) is 6.67. The Hall–Kier alpha value is -1.60. The van der Waals surface area contributed by atoms with Crippen LogP contribution in [-0.2, 0) is 16.0 Å². The molecule has 0 bridgehead atoms. The van der Waals surface area contributed by atoms with Gasteiger partial charge >= 0.3 is 0 Å². The Balaban J connectivity index is 2.19. The first-order valence-electron chi connectivity index (χ1n) is 6.28. The summed E-state index contributed by atoms with van der Waals surface area (Å²) in [5, 5.41) is 4.09. The van der Waals surface area contributed by atoms with Crippen molar-refractivity contribution in [3.63, 3.8) is 0 Å². The van der Waals surface area contributed by atoms with Gasteiger partial charge in [-0.15, -0.1) is 0 Å². The van der Waals surface area contributed by atoms with Gasteiger partial charge in [0.1, 0.15) is 17.9 Å². The van der Waals surface area contributed by atoms with E-state index in [1.54, 1.807) is 23.8 Å². The number of rotatable bonds is 4. The average Bonchev–Trinajstić information content (AvgIpc) is 3.00. The fourth-order valence-corrected chi connectivity index (χ4v) is 2.39. The maximum absolute atomic E-state index is 12.5. The van der Waals surface area contributed by atoms with E-state index < -0.39 is 0 Å². The van der Waals surface area contributed by atoms with Gasteiger partial charge in [0.05, 0.1) is 11.9 Å². The van der Waals surface area contributed by atoms with Crippen molar-refractivity contribution in [2.75, 3.05) is 33.0 Å². The molecule has 2 unspecified atom stereocenters. The van der Waals surface area contributed by atoms with Crippen molar-refractivity contribution < 1.29 is 14.3 Å². The fourth-order valence-electron chi connectivity index (χ4n) is 2.39. The maximum Gasteiger partial charge on any atom is 0.274 e. The van der Waals surface area contributed by atoms with Crippen molar-refractivity contribution >= 4 is 11.6 Å². The first kappa shape index (κ1) is 13.8. The van der Waals surface area contributed by atoms with Crippen molar-refractivity contribution in [1.29, 1.82) is 0 Å². The zero-order valence-corrected chi connectivity index (χ0v) is 11.5. The lowest BCUT2D eigenvalue weighted by Gasteiger charge is -2.16. The molecule has 19 heavy (non-hydrogen) atoms. The Bertz CT molecular complexity index is 448. The summed E-state index contributed by atoms with van der Waals surface area (Å²) < 4.78 is 12.3. The quantitative estimate of drug-likeness (QED) is 0.829. The Kier molecular flexibility index (Phi) is 4.06. The summed E-state index contributed by atoms with van der Waals surface area (Å²) in [6, 6.07) is 0. The highest BCUT2D eigenvalue weighted by molar-refractivity contribution is 5.97. The number of amides is 1. The van der Waals surface area contributed by atoms with Crippen LogP contribution in [0, 0.1) is 0 Å². The van der Waals surface area contributed by atoms with Crippen LogP contribution in [0.5, 0.6) is 0 Å². The molecule has 106 valence electrons. The van der Waals surface area contributed by atoms with Crippen LogP contribution in [0.3, 0.4) is 0 Å². The molecule has 1 aromatic rings. The van der Waals surface area contributed by atoms with E-state index in [0.717, 1.165) is 0 Å². The van der Waals surface area contributed by atoms with Crippen molar-refractivity contribution in [1.82, 2.24) is 14.7 Å². The summed E-state index contributed by atoms with van der Waals surface area (Å²) in [7, 11) is 3.24. The number of nitrogen functional groups attached to an aromatic ring is 1. The molecule has 0 aromatic carbocycles. The number of nitrogens with two attached hydrogens (primary N) is 1. The SMILES string of the molecule is CCn1ncc(N)c1C(=O)N1CC(OC)C(OC)C1. The Labute approximate surface area is 112 Å².